The fourth-order valence-electron chi connectivity index (χ4n) is 4.57. The molecule has 5 rings (SSSR count). The summed E-state index contributed by atoms with van der Waals surface area (Å²) in [5.41, 5.74) is 3.44. The molecule has 0 atom stereocenters. The van der Waals surface area contributed by atoms with Crippen molar-refractivity contribution in [2.75, 3.05) is 11.4 Å². The molecule has 192 valence electrons. The number of nitrogens with one attached hydrogen (secondary N) is 1. The van der Waals surface area contributed by atoms with E-state index in [1.54, 1.807) is 24.3 Å². The molecule has 0 fully saturated rings. The standard InChI is InChI=1S/C30H25ClN2O4S/c1-20-5-4-6-22(17-20)19-33-26-18-23(29(34)32-16-15-21-9-12-24(31)13-10-21)11-14-28(26)38(36,37)27-8-3-2-7-25(27)30(33)35/h2-14,17-18H,15-16,19H2,1H3,(H,32,34). The Labute approximate surface area is 226 Å². The van der Waals surface area contributed by atoms with Gasteiger partial charge in [0.2, 0.25) is 9.84 Å². The van der Waals surface area contributed by atoms with Gasteiger partial charge in [-0.1, -0.05) is 65.7 Å². The van der Waals surface area contributed by atoms with Crippen LogP contribution in [0, 0.1) is 6.92 Å². The third kappa shape index (κ3) is 5.08. The molecular formula is C30H25ClN2O4S. The molecule has 4 aromatic carbocycles. The molecule has 0 bridgehead atoms. The van der Waals surface area contributed by atoms with Crippen molar-refractivity contribution in [3.05, 3.63) is 124 Å². The Bertz CT molecular complexity index is 1650. The van der Waals surface area contributed by atoms with E-state index in [0.717, 1.165) is 16.7 Å². The van der Waals surface area contributed by atoms with Gasteiger partial charge in [-0.3, -0.25) is 9.59 Å². The summed E-state index contributed by atoms with van der Waals surface area (Å²) in [7, 11) is -4.01. The zero-order valence-electron chi connectivity index (χ0n) is 20.6. The molecule has 6 nitrogen and oxygen atoms in total. The predicted molar refractivity (Wildman–Crippen MR) is 148 cm³/mol. The van der Waals surface area contributed by atoms with Gasteiger partial charge in [0.05, 0.1) is 27.6 Å². The first-order chi connectivity index (χ1) is 18.2. The van der Waals surface area contributed by atoms with Crippen molar-refractivity contribution in [2.45, 2.75) is 29.7 Å². The Kier molecular flexibility index (Phi) is 7.06. The average molecular weight is 545 g/mol. The Morgan fingerprint density at radius 3 is 2.39 bits per heavy atom. The maximum atomic E-state index is 13.8. The van der Waals surface area contributed by atoms with Crippen LogP contribution in [0.1, 0.15) is 37.4 Å². The number of aryl methyl sites for hydroxylation is 1. The van der Waals surface area contributed by atoms with Crippen molar-refractivity contribution in [3.8, 4) is 0 Å². The molecule has 1 aliphatic heterocycles. The highest BCUT2D eigenvalue weighted by molar-refractivity contribution is 7.91. The molecule has 0 saturated carbocycles. The number of carbonyl (C=O) groups is 2. The summed E-state index contributed by atoms with van der Waals surface area (Å²) in [4.78, 5) is 28.2. The van der Waals surface area contributed by atoms with Crippen molar-refractivity contribution >= 4 is 38.9 Å². The smallest absolute Gasteiger partial charge is 0.259 e. The van der Waals surface area contributed by atoms with Crippen LogP contribution >= 0.6 is 11.6 Å². The lowest BCUT2D eigenvalue weighted by atomic mass is 10.1. The van der Waals surface area contributed by atoms with Crippen molar-refractivity contribution in [2.24, 2.45) is 0 Å². The monoisotopic (exact) mass is 544 g/mol. The van der Waals surface area contributed by atoms with E-state index in [2.05, 4.69) is 5.32 Å². The molecule has 0 aliphatic carbocycles. The number of hydrogen-bond acceptors (Lipinski definition) is 4. The second-order valence-electron chi connectivity index (χ2n) is 9.19. The maximum Gasteiger partial charge on any atom is 0.259 e. The number of sulfone groups is 1. The highest BCUT2D eigenvalue weighted by atomic mass is 35.5. The number of nitrogens with zero attached hydrogens (tertiary/aromatic N) is 1. The van der Waals surface area contributed by atoms with Crippen LogP contribution in [-0.4, -0.2) is 26.8 Å². The molecule has 1 heterocycles. The van der Waals surface area contributed by atoms with Gasteiger partial charge in [-0.25, -0.2) is 8.42 Å². The lowest BCUT2D eigenvalue weighted by Crippen LogP contribution is -2.31. The summed E-state index contributed by atoms with van der Waals surface area (Å²) in [5, 5.41) is 3.52. The number of fused-ring (bicyclic) bond motifs is 2. The molecule has 0 aromatic heterocycles. The van der Waals surface area contributed by atoms with Gasteiger partial charge >= 0.3 is 0 Å². The molecule has 0 saturated heterocycles. The van der Waals surface area contributed by atoms with Crippen LogP contribution < -0.4 is 10.2 Å². The van der Waals surface area contributed by atoms with Crippen molar-refractivity contribution in [1.82, 2.24) is 5.32 Å². The minimum Gasteiger partial charge on any atom is -0.352 e. The van der Waals surface area contributed by atoms with E-state index >= 15 is 0 Å². The van der Waals surface area contributed by atoms with Gasteiger partial charge in [0.15, 0.2) is 0 Å². The van der Waals surface area contributed by atoms with Crippen LogP contribution in [0.5, 0.6) is 0 Å². The quantitative estimate of drug-likeness (QED) is 0.342. The van der Waals surface area contributed by atoms with Gasteiger partial charge in [0.25, 0.3) is 11.8 Å². The SMILES string of the molecule is Cc1cccc(CN2C(=O)c3ccccc3S(=O)(=O)c3ccc(C(=O)NCCc4ccc(Cl)cc4)cc32)c1. The number of hydrogen-bond donors (Lipinski definition) is 1. The number of benzene rings is 4. The van der Waals surface area contributed by atoms with E-state index < -0.39 is 15.7 Å². The fraction of sp³-hybridized carbons (Fsp3) is 0.133. The maximum absolute atomic E-state index is 13.8. The first-order valence-electron chi connectivity index (χ1n) is 12.1. The van der Waals surface area contributed by atoms with Crippen LogP contribution in [0.3, 0.4) is 0 Å². The minimum atomic E-state index is -4.01. The summed E-state index contributed by atoms with van der Waals surface area (Å²) < 4.78 is 27.3. The van der Waals surface area contributed by atoms with Crippen LogP contribution in [0.25, 0.3) is 0 Å². The molecular weight excluding hydrogens is 520 g/mol. The highest BCUT2D eigenvalue weighted by Gasteiger charge is 2.36. The van der Waals surface area contributed by atoms with Crippen molar-refractivity contribution < 1.29 is 18.0 Å². The van der Waals surface area contributed by atoms with E-state index in [-0.39, 0.29) is 39.1 Å². The molecule has 0 unspecified atom stereocenters. The Balaban J connectivity index is 1.51. The molecule has 1 aliphatic rings. The molecule has 8 heteroatoms. The summed E-state index contributed by atoms with van der Waals surface area (Å²) in [5.74, 6) is -0.798. The van der Waals surface area contributed by atoms with Gasteiger partial charge in [-0.2, -0.15) is 0 Å². The van der Waals surface area contributed by atoms with E-state index in [1.807, 2.05) is 43.3 Å². The molecule has 4 aromatic rings. The average Bonchev–Trinajstić information content (AvgIpc) is 2.98. The molecule has 38 heavy (non-hydrogen) atoms. The molecule has 0 spiro atoms. The first kappa shape index (κ1) is 25.7. The van der Waals surface area contributed by atoms with E-state index in [9.17, 15) is 18.0 Å². The summed E-state index contributed by atoms with van der Waals surface area (Å²) in [6, 6.07) is 25.7. The summed E-state index contributed by atoms with van der Waals surface area (Å²) >= 11 is 5.94. The molecule has 0 radical (unpaired) electrons. The molecule has 2 amide bonds. The third-order valence-electron chi connectivity index (χ3n) is 6.49. The van der Waals surface area contributed by atoms with E-state index in [4.69, 9.17) is 11.6 Å². The fourth-order valence-corrected chi connectivity index (χ4v) is 6.33. The molecule has 1 N–H and O–H groups in total. The van der Waals surface area contributed by atoms with Gasteiger partial charge in [-0.05, 0) is 66.9 Å². The van der Waals surface area contributed by atoms with Crippen LogP contribution in [0.4, 0.5) is 5.69 Å². The van der Waals surface area contributed by atoms with Crippen LogP contribution in [0.15, 0.2) is 101 Å². The highest BCUT2D eigenvalue weighted by Crippen LogP contribution is 2.38. The number of halogens is 1. The van der Waals surface area contributed by atoms with Crippen LogP contribution in [0.2, 0.25) is 5.02 Å². The number of amides is 2. The van der Waals surface area contributed by atoms with E-state index in [1.165, 1.54) is 35.2 Å². The number of carbonyl (C=O) groups excluding carboxylic acids is 2. The first-order valence-corrected chi connectivity index (χ1v) is 14.0. The zero-order valence-corrected chi connectivity index (χ0v) is 22.2. The van der Waals surface area contributed by atoms with Gasteiger partial charge in [0.1, 0.15) is 0 Å². The largest absolute Gasteiger partial charge is 0.352 e. The topological polar surface area (TPSA) is 83.6 Å². The third-order valence-corrected chi connectivity index (χ3v) is 8.60. The Morgan fingerprint density at radius 1 is 0.868 bits per heavy atom. The van der Waals surface area contributed by atoms with Gasteiger partial charge < -0.3 is 10.2 Å². The van der Waals surface area contributed by atoms with Crippen LogP contribution in [-0.2, 0) is 22.8 Å². The minimum absolute atomic E-state index is 0.0128. The van der Waals surface area contributed by atoms with Crippen molar-refractivity contribution in [1.29, 1.82) is 0 Å². The predicted octanol–water partition coefficient (Wildman–Crippen LogP) is 5.61. The zero-order chi connectivity index (χ0) is 26.9. The number of anilines is 1. The van der Waals surface area contributed by atoms with E-state index in [0.29, 0.717) is 18.0 Å². The second kappa shape index (κ2) is 10.4. The van der Waals surface area contributed by atoms with Crippen molar-refractivity contribution in [3.63, 3.8) is 0 Å². The summed E-state index contributed by atoms with van der Waals surface area (Å²) in [6.07, 6.45) is 0.607. The lowest BCUT2D eigenvalue weighted by molar-refractivity contribution is 0.0950. The lowest BCUT2D eigenvalue weighted by Gasteiger charge is -2.24. The normalized spacial score (nSPS) is 13.8. The van der Waals surface area contributed by atoms with Gasteiger partial charge in [-0.15, -0.1) is 0 Å². The Morgan fingerprint density at radius 2 is 1.63 bits per heavy atom. The second-order valence-corrected chi connectivity index (χ2v) is 11.5. The van der Waals surface area contributed by atoms with Gasteiger partial charge in [0, 0.05) is 17.1 Å². The Hall–Kier alpha value is -3.94. The summed E-state index contributed by atoms with van der Waals surface area (Å²) in [6.45, 7) is 2.49. The number of rotatable bonds is 6.